The van der Waals surface area contributed by atoms with Gasteiger partial charge in [-0.1, -0.05) is 0 Å². The predicted octanol–water partition coefficient (Wildman–Crippen LogP) is -1.15. The summed E-state index contributed by atoms with van der Waals surface area (Å²) in [6.45, 7) is 0.671. The van der Waals surface area contributed by atoms with Crippen molar-refractivity contribution in [1.29, 1.82) is 0 Å². The van der Waals surface area contributed by atoms with Gasteiger partial charge in [0.15, 0.2) is 0 Å². The van der Waals surface area contributed by atoms with Crippen LogP contribution in [0.3, 0.4) is 0 Å². The van der Waals surface area contributed by atoms with Crippen molar-refractivity contribution >= 4 is 10.3 Å². The molecule has 0 aromatic rings. The Morgan fingerprint density at radius 2 is 2.29 bits per heavy atom. The first kappa shape index (κ1) is 5.02. The monoisotopic (exact) mass is 123 g/mol. The molecule has 7 heavy (non-hydrogen) atoms. The predicted molar refractivity (Wildman–Crippen MR) is 22.9 cm³/mol. The standard InChI is InChI=1S/C2H5NO3S/c4-7(5)3-1-2-6-7/h3H,1-2H2. The zero-order valence-electron chi connectivity index (χ0n) is 3.55. The van der Waals surface area contributed by atoms with Gasteiger partial charge in [-0.3, -0.25) is 4.18 Å². The molecule has 1 rings (SSSR count). The molecule has 0 atom stereocenters. The minimum atomic E-state index is -3.30. The van der Waals surface area contributed by atoms with E-state index in [0.717, 1.165) is 0 Å². The summed E-state index contributed by atoms with van der Waals surface area (Å²) in [7, 11) is -3.30. The van der Waals surface area contributed by atoms with Crippen molar-refractivity contribution in [1.82, 2.24) is 4.72 Å². The van der Waals surface area contributed by atoms with Crippen molar-refractivity contribution in [2.45, 2.75) is 0 Å². The maximum absolute atomic E-state index is 10.1. The summed E-state index contributed by atoms with van der Waals surface area (Å²) >= 11 is 0. The van der Waals surface area contributed by atoms with Crippen molar-refractivity contribution in [3.05, 3.63) is 0 Å². The fraction of sp³-hybridized carbons (Fsp3) is 1.00. The lowest BCUT2D eigenvalue weighted by Crippen LogP contribution is -2.14. The fourth-order valence-corrected chi connectivity index (χ4v) is 1.08. The molecule has 0 unspecified atom stereocenters. The van der Waals surface area contributed by atoms with Crippen LogP contribution in [0.15, 0.2) is 0 Å². The number of rotatable bonds is 0. The summed E-state index contributed by atoms with van der Waals surface area (Å²) < 4.78 is 26.5. The van der Waals surface area contributed by atoms with E-state index in [1.54, 1.807) is 0 Å². The van der Waals surface area contributed by atoms with Crippen LogP contribution in [-0.4, -0.2) is 21.6 Å². The smallest absolute Gasteiger partial charge is 0.257 e. The number of hydrogen-bond donors (Lipinski definition) is 1. The highest BCUT2D eigenvalue weighted by Gasteiger charge is 2.15. The van der Waals surface area contributed by atoms with E-state index in [1.807, 2.05) is 0 Å². The normalized spacial score (nSPS) is 28.0. The highest BCUT2D eigenvalue weighted by atomic mass is 32.2. The maximum Gasteiger partial charge on any atom is 0.335 e. The number of nitrogens with one attached hydrogen (secondary N) is 1. The minimum Gasteiger partial charge on any atom is -0.257 e. The van der Waals surface area contributed by atoms with Gasteiger partial charge >= 0.3 is 10.3 Å². The summed E-state index contributed by atoms with van der Waals surface area (Å²) in [6, 6.07) is 0. The van der Waals surface area contributed by atoms with E-state index in [4.69, 9.17) is 0 Å². The SMILES string of the molecule is O=S1(=O)NCCO1. The van der Waals surface area contributed by atoms with E-state index in [0.29, 0.717) is 6.54 Å². The summed E-state index contributed by atoms with van der Waals surface area (Å²) in [4.78, 5) is 0. The van der Waals surface area contributed by atoms with Crippen LogP contribution in [0.5, 0.6) is 0 Å². The minimum absolute atomic E-state index is 0.266. The highest BCUT2D eigenvalue weighted by molar-refractivity contribution is 7.84. The van der Waals surface area contributed by atoms with Gasteiger partial charge in [-0.25, -0.2) is 0 Å². The molecule has 1 aliphatic heterocycles. The van der Waals surface area contributed by atoms with E-state index in [1.165, 1.54) is 0 Å². The van der Waals surface area contributed by atoms with Crippen molar-refractivity contribution in [2.24, 2.45) is 0 Å². The molecule has 0 amide bonds. The molecular formula is C2H5NO3S. The molecule has 0 saturated carbocycles. The molecule has 0 aromatic heterocycles. The van der Waals surface area contributed by atoms with Gasteiger partial charge in [-0.15, -0.1) is 0 Å². The third kappa shape index (κ3) is 1.12. The lowest BCUT2D eigenvalue weighted by molar-refractivity contribution is 0.362. The van der Waals surface area contributed by atoms with Gasteiger partial charge in [0.2, 0.25) is 0 Å². The number of hydrogen-bond acceptors (Lipinski definition) is 3. The zero-order chi connectivity index (χ0) is 5.33. The van der Waals surface area contributed by atoms with Crippen LogP contribution < -0.4 is 4.72 Å². The van der Waals surface area contributed by atoms with Gasteiger partial charge in [0.1, 0.15) is 0 Å². The topological polar surface area (TPSA) is 55.4 Å². The van der Waals surface area contributed by atoms with Crippen LogP contribution in [-0.2, 0) is 14.5 Å². The zero-order valence-corrected chi connectivity index (χ0v) is 4.36. The molecule has 42 valence electrons. The fourth-order valence-electron chi connectivity index (χ4n) is 0.360. The van der Waals surface area contributed by atoms with Crippen molar-refractivity contribution in [3.63, 3.8) is 0 Å². The van der Waals surface area contributed by atoms with Crippen LogP contribution >= 0.6 is 0 Å². The molecular weight excluding hydrogens is 118 g/mol. The molecule has 1 heterocycles. The molecule has 4 nitrogen and oxygen atoms in total. The third-order valence-corrected chi connectivity index (χ3v) is 1.65. The lowest BCUT2D eigenvalue weighted by atomic mass is 10.8. The Hall–Kier alpha value is -0.130. The van der Waals surface area contributed by atoms with Gasteiger partial charge in [-0.2, -0.15) is 13.1 Å². The summed E-state index contributed by atoms with van der Waals surface area (Å²) in [6.07, 6.45) is 0. The summed E-state index contributed by atoms with van der Waals surface area (Å²) in [5, 5.41) is 0. The Bertz CT molecular complexity index is 136. The second-order valence-corrected chi connectivity index (χ2v) is 2.60. The molecule has 1 N–H and O–H groups in total. The van der Waals surface area contributed by atoms with Crippen LogP contribution in [0.25, 0.3) is 0 Å². The van der Waals surface area contributed by atoms with Crippen LogP contribution in [0.4, 0.5) is 0 Å². The Kier molecular flexibility index (Phi) is 1.02. The Morgan fingerprint density at radius 1 is 1.57 bits per heavy atom. The molecule has 0 radical (unpaired) electrons. The molecule has 0 aliphatic carbocycles. The first-order chi connectivity index (χ1) is 3.21. The van der Waals surface area contributed by atoms with Crippen molar-refractivity contribution in [2.75, 3.05) is 13.2 Å². The van der Waals surface area contributed by atoms with Gasteiger partial charge in [0.05, 0.1) is 6.61 Å². The average molecular weight is 123 g/mol. The molecule has 1 saturated heterocycles. The summed E-state index contributed by atoms with van der Waals surface area (Å²) in [5.74, 6) is 0. The molecule has 1 fully saturated rings. The van der Waals surface area contributed by atoms with Crippen molar-refractivity contribution in [3.8, 4) is 0 Å². The van der Waals surface area contributed by atoms with E-state index in [-0.39, 0.29) is 6.61 Å². The lowest BCUT2D eigenvalue weighted by Gasteiger charge is -1.84. The van der Waals surface area contributed by atoms with Gasteiger partial charge in [0, 0.05) is 6.54 Å². The molecule has 5 heteroatoms. The largest absolute Gasteiger partial charge is 0.335 e. The van der Waals surface area contributed by atoms with E-state index >= 15 is 0 Å². The van der Waals surface area contributed by atoms with Crippen LogP contribution in [0.2, 0.25) is 0 Å². The average Bonchev–Trinajstić information content (AvgIpc) is 1.84. The van der Waals surface area contributed by atoms with E-state index in [2.05, 4.69) is 8.91 Å². The Balaban J connectivity index is 2.76. The van der Waals surface area contributed by atoms with Crippen LogP contribution in [0.1, 0.15) is 0 Å². The first-order valence-electron chi connectivity index (χ1n) is 1.85. The highest BCUT2D eigenvalue weighted by Crippen LogP contribution is 1.92. The molecule has 0 aromatic carbocycles. The third-order valence-electron chi connectivity index (χ3n) is 0.619. The molecule has 0 bridgehead atoms. The Labute approximate surface area is 41.7 Å². The molecule has 0 spiro atoms. The quantitative estimate of drug-likeness (QED) is 0.442. The van der Waals surface area contributed by atoms with Gasteiger partial charge < -0.3 is 0 Å². The van der Waals surface area contributed by atoms with Gasteiger partial charge in [-0.05, 0) is 0 Å². The first-order valence-corrected chi connectivity index (χ1v) is 3.25. The second-order valence-electron chi connectivity index (χ2n) is 1.17. The second kappa shape index (κ2) is 1.43. The van der Waals surface area contributed by atoms with Crippen molar-refractivity contribution < 1.29 is 12.6 Å². The molecule has 1 aliphatic rings. The maximum atomic E-state index is 10.1. The van der Waals surface area contributed by atoms with Crippen LogP contribution in [0, 0.1) is 0 Å². The summed E-state index contributed by atoms with van der Waals surface area (Å²) in [5.41, 5.74) is 0. The Morgan fingerprint density at radius 3 is 2.43 bits per heavy atom. The van der Waals surface area contributed by atoms with Gasteiger partial charge in [0.25, 0.3) is 0 Å². The van der Waals surface area contributed by atoms with E-state index < -0.39 is 10.3 Å². The van der Waals surface area contributed by atoms with E-state index in [9.17, 15) is 8.42 Å².